The van der Waals surface area contributed by atoms with E-state index in [1.807, 2.05) is 20.8 Å². The van der Waals surface area contributed by atoms with E-state index in [1.165, 1.54) is 0 Å². The van der Waals surface area contributed by atoms with E-state index in [0.29, 0.717) is 0 Å². The lowest BCUT2D eigenvalue weighted by Crippen LogP contribution is -2.44. The van der Waals surface area contributed by atoms with Crippen LogP contribution in [0.4, 0.5) is 0 Å². The minimum Gasteiger partial charge on any atom is -0.409 e. The van der Waals surface area contributed by atoms with Crippen molar-refractivity contribution in [3.05, 3.63) is 0 Å². The lowest BCUT2D eigenvalue weighted by Gasteiger charge is -2.24. The first-order valence-electron chi connectivity index (χ1n) is 5.47. The van der Waals surface area contributed by atoms with E-state index in [2.05, 4.69) is 10.5 Å². The van der Waals surface area contributed by atoms with E-state index < -0.39 is 5.41 Å². The van der Waals surface area contributed by atoms with Gasteiger partial charge in [0, 0.05) is 12.0 Å². The Morgan fingerprint density at radius 2 is 1.88 bits per heavy atom. The van der Waals surface area contributed by atoms with Gasteiger partial charge in [0.1, 0.15) is 12.4 Å². The largest absolute Gasteiger partial charge is 0.409 e. The van der Waals surface area contributed by atoms with Crippen LogP contribution in [0, 0.1) is 5.41 Å². The summed E-state index contributed by atoms with van der Waals surface area (Å²) in [7, 11) is 0. The summed E-state index contributed by atoms with van der Waals surface area (Å²) in [5.74, 6) is -0.145. The van der Waals surface area contributed by atoms with Crippen LogP contribution in [0.5, 0.6) is 0 Å². The lowest BCUT2D eigenvalue weighted by atomic mass is 9.92. The number of ether oxygens (including phenoxy) is 1. The third-order valence-corrected chi connectivity index (χ3v) is 2.16. The van der Waals surface area contributed by atoms with Crippen molar-refractivity contribution in [2.24, 2.45) is 16.3 Å². The van der Waals surface area contributed by atoms with Gasteiger partial charge in [-0.1, -0.05) is 19.0 Å². The molecule has 0 rings (SSSR count). The highest BCUT2D eigenvalue weighted by atomic mass is 16.5. The number of hydrogen-bond acceptors (Lipinski definition) is 4. The number of oxime groups is 1. The van der Waals surface area contributed by atoms with Gasteiger partial charge in [0.15, 0.2) is 0 Å². The van der Waals surface area contributed by atoms with Crippen molar-refractivity contribution >= 4 is 11.7 Å². The molecule has 0 spiro atoms. The van der Waals surface area contributed by atoms with Crippen molar-refractivity contribution in [2.45, 2.75) is 40.2 Å². The number of hydrogen-bond donors (Lipinski definition) is 3. The van der Waals surface area contributed by atoms with Gasteiger partial charge in [-0.05, 0) is 20.8 Å². The molecule has 0 fully saturated rings. The molecule has 4 N–H and O–H groups in total. The third-order valence-electron chi connectivity index (χ3n) is 2.16. The van der Waals surface area contributed by atoms with Gasteiger partial charge in [0.25, 0.3) is 0 Å². The van der Waals surface area contributed by atoms with Crippen LogP contribution >= 0.6 is 0 Å². The van der Waals surface area contributed by atoms with Gasteiger partial charge in [-0.2, -0.15) is 0 Å². The molecule has 0 aliphatic carbocycles. The second-order valence-corrected chi connectivity index (χ2v) is 5.55. The van der Waals surface area contributed by atoms with Crippen LogP contribution in [0.1, 0.15) is 34.6 Å². The summed E-state index contributed by atoms with van der Waals surface area (Å²) in [6, 6.07) is 0. The molecule has 0 aromatic rings. The Kier molecular flexibility index (Phi) is 5.41. The summed E-state index contributed by atoms with van der Waals surface area (Å²) in [6.45, 7) is 9.45. The lowest BCUT2D eigenvalue weighted by molar-refractivity contribution is -0.130. The molecule has 1 amide bonds. The summed E-state index contributed by atoms with van der Waals surface area (Å²) in [5, 5.41) is 14.2. The number of amides is 1. The fourth-order valence-electron chi connectivity index (χ4n) is 0.879. The van der Waals surface area contributed by atoms with Gasteiger partial charge in [0.2, 0.25) is 5.91 Å². The maximum absolute atomic E-state index is 11.5. The zero-order chi connectivity index (χ0) is 13.7. The van der Waals surface area contributed by atoms with Crippen LogP contribution in [-0.2, 0) is 9.53 Å². The Balaban J connectivity index is 4.09. The van der Waals surface area contributed by atoms with Crippen LogP contribution in [0.25, 0.3) is 0 Å². The molecule has 0 heterocycles. The molecule has 0 saturated heterocycles. The maximum atomic E-state index is 11.5. The van der Waals surface area contributed by atoms with Gasteiger partial charge in [-0.15, -0.1) is 0 Å². The first-order chi connectivity index (χ1) is 7.58. The normalized spacial score (nSPS) is 13.6. The topological polar surface area (TPSA) is 96.9 Å². The fraction of sp³-hybridized carbons (Fsp3) is 0.818. The van der Waals surface area contributed by atoms with Crippen LogP contribution in [-0.4, -0.2) is 35.7 Å². The van der Waals surface area contributed by atoms with Crippen molar-refractivity contribution in [2.75, 3.05) is 13.2 Å². The Labute approximate surface area is 102 Å². The van der Waals surface area contributed by atoms with Crippen molar-refractivity contribution in [3.63, 3.8) is 0 Å². The second kappa shape index (κ2) is 5.86. The molecule has 6 heteroatoms. The van der Waals surface area contributed by atoms with E-state index in [1.54, 1.807) is 13.8 Å². The number of rotatable bonds is 5. The maximum Gasteiger partial charge on any atom is 0.246 e. The third kappa shape index (κ3) is 6.78. The number of nitrogens with one attached hydrogen (secondary N) is 1. The summed E-state index contributed by atoms with van der Waals surface area (Å²) < 4.78 is 5.32. The van der Waals surface area contributed by atoms with Crippen molar-refractivity contribution in [1.29, 1.82) is 0 Å². The molecule has 0 aliphatic heterocycles. The molecule has 0 saturated carbocycles. The Hall–Kier alpha value is -1.30. The molecule has 6 nitrogen and oxygen atoms in total. The van der Waals surface area contributed by atoms with Crippen LogP contribution in [0.3, 0.4) is 0 Å². The van der Waals surface area contributed by atoms with E-state index in [-0.39, 0.29) is 30.5 Å². The molecule has 0 atom stereocenters. The predicted octanol–water partition coefficient (Wildman–Crippen LogP) is 0.690. The molecule has 0 aromatic heterocycles. The van der Waals surface area contributed by atoms with Gasteiger partial charge in [-0.3, -0.25) is 4.79 Å². The second-order valence-electron chi connectivity index (χ2n) is 5.55. The zero-order valence-corrected chi connectivity index (χ0v) is 11.2. The van der Waals surface area contributed by atoms with Crippen molar-refractivity contribution in [1.82, 2.24) is 5.32 Å². The summed E-state index contributed by atoms with van der Waals surface area (Å²) >= 11 is 0. The van der Waals surface area contributed by atoms with Crippen LogP contribution in [0.2, 0.25) is 0 Å². The Morgan fingerprint density at radius 1 is 1.35 bits per heavy atom. The average Bonchev–Trinajstić information content (AvgIpc) is 2.21. The Morgan fingerprint density at radius 3 is 2.29 bits per heavy atom. The first-order valence-corrected chi connectivity index (χ1v) is 5.47. The van der Waals surface area contributed by atoms with Crippen LogP contribution in [0.15, 0.2) is 5.16 Å². The number of nitrogens with zero attached hydrogens (tertiary/aromatic N) is 1. The van der Waals surface area contributed by atoms with E-state index in [0.717, 1.165) is 0 Å². The van der Waals surface area contributed by atoms with Crippen molar-refractivity contribution < 1.29 is 14.7 Å². The zero-order valence-electron chi connectivity index (χ0n) is 11.2. The van der Waals surface area contributed by atoms with Gasteiger partial charge < -0.3 is 21.0 Å². The average molecular weight is 245 g/mol. The molecule has 17 heavy (non-hydrogen) atoms. The fourth-order valence-corrected chi connectivity index (χ4v) is 0.879. The summed E-state index contributed by atoms with van der Waals surface area (Å²) in [4.78, 5) is 11.5. The predicted molar refractivity (Wildman–Crippen MR) is 65.9 cm³/mol. The minimum absolute atomic E-state index is 0.00421. The van der Waals surface area contributed by atoms with E-state index in [4.69, 9.17) is 15.7 Å². The molecule has 0 radical (unpaired) electrons. The van der Waals surface area contributed by atoms with E-state index in [9.17, 15) is 4.79 Å². The van der Waals surface area contributed by atoms with Gasteiger partial charge in [-0.25, -0.2) is 0 Å². The van der Waals surface area contributed by atoms with Gasteiger partial charge >= 0.3 is 0 Å². The summed E-state index contributed by atoms with van der Waals surface area (Å²) in [5.41, 5.74) is 4.56. The van der Waals surface area contributed by atoms with Gasteiger partial charge in [0.05, 0.1) is 5.60 Å². The molecular formula is C11H23N3O3. The number of nitrogens with two attached hydrogens (primary N) is 1. The highest BCUT2D eigenvalue weighted by molar-refractivity contribution is 5.86. The molecule has 0 aromatic carbocycles. The monoisotopic (exact) mass is 245 g/mol. The highest BCUT2D eigenvalue weighted by Crippen LogP contribution is 2.13. The first kappa shape index (κ1) is 15.7. The number of carbonyl (C=O) groups excluding carboxylic acids is 1. The van der Waals surface area contributed by atoms with Crippen molar-refractivity contribution in [3.8, 4) is 0 Å². The minimum atomic E-state index is -0.591. The smallest absolute Gasteiger partial charge is 0.246 e. The molecule has 0 unspecified atom stereocenters. The van der Waals surface area contributed by atoms with E-state index >= 15 is 0 Å². The molecular weight excluding hydrogens is 222 g/mol. The molecule has 0 aliphatic rings. The number of carbonyl (C=O) groups is 1. The highest BCUT2D eigenvalue weighted by Gasteiger charge is 2.24. The summed E-state index contributed by atoms with van der Waals surface area (Å²) in [6.07, 6.45) is 0. The molecule has 0 bridgehead atoms. The number of amidine groups is 1. The standard InChI is InChI=1S/C11H23N3O3/c1-10(2,3)17-6-8(15)13-7-11(4,5)9(12)14-16/h16H,6-7H2,1-5H3,(H2,12,14)(H,13,15). The Bertz CT molecular complexity index is 293. The van der Waals surface area contributed by atoms with Crippen LogP contribution < -0.4 is 11.1 Å². The molecule has 100 valence electrons. The SMILES string of the molecule is CC(C)(C)OCC(=O)NCC(C)(C)C(N)=NO. The quantitative estimate of drug-likeness (QED) is 0.287.